The van der Waals surface area contributed by atoms with Crippen molar-refractivity contribution in [2.24, 2.45) is 0 Å². The maximum Gasteiger partial charge on any atom is 0.270 e. The number of ether oxygens (including phenoxy) is 1. The van der Waals surface area contributed by atoms with Crippen molar-refractivity contribution in [1.29, 1.82) is 0 Å². The van der Waals surface area contributed by atoms with Gasteiger partial charge < -0.3 is 4.74 Å². The molecule has 1 amide bonds. The Balaban J connectivity index is 1.94. The number of hydrogen-bond acceptors (Lipinski definition) is 4. The molecule has 0 radical (unpaired) electrons. The van der Waals surface area contributed by atoms with Crippen LogP contribution in [0.5, 0.6) is 5.75 Å². The summed E-state index contributed by atoms with van der Waals surface area (Å²) in [5.41, 5.74) is 1.43. The van der Waals surface area contributed by atoms with E-state index in [-0.39, 0.29) is 5.91 Å². The van der Waals surface area contributed by atoms with E-state index in [1.54, 1.807) is 25.3 Å². The fourth-order valence-electron chi connectivity index (χ4n) is 2.26. The molecule has 3 rings (SSSR count). The molecule has 3 nitrogen and oxygen atoms in total. The number of nitrogens with zero attached hydrogens (tertiary/aromatic N) is 1. The summed E-state index contributed by atoms with van der Waals surface area (Å²) in [7, 11) is 1.62. The van der Waals surface area contributed by atoms with E-state index in [4.69, 9.17) is 40.2 Å². The third-order valence-electron chi connectivity index (χ3n) is 3.42. The lowest BCUT2D eigenvalue weighted by Gasteiger charge is -2.16. The van der Waals surface area contributed by atoms with Crippen molar-refractivity contribution < 1.29 is 9.53 Å². The molecule has 8 heteroatoms. The molecular weight excluding hydrogens is 512 g/mol. The quantitative estimate of drug-likeness (QED) is 0.281. The van der Waals surface area contributed by atoms with Crippen LogP contribution in [0, 0.1) is 3.57 Å². The molecule has 1 aliphatic heterocycles. The maximum absolute atomic E-state index is 12.8. The molecule has 1 saturated heterocycles. The fraction of sp³-hybridized carbons (Fsp3) is 0.0588. The summed E-state index contributed by atoms with van der Waals surface area (Å²) in [6.07, 6.45) is 1.81. The number of amides is 1. The highest BCUT2D eigenvalue weighted by Gasteiger charge is 2.34. The first-order valence-electron chi connectivity index (χ1n) is 6.97. The minimum atomic E-state index is -0.204. The molecule has 1 aliphatic rings. The molecular formula is C17H10Cl2INO2S2. The highest BCUT2D eigenvalue weighted by atomic mass is 127. The van der Waals surface area contributed by atoms with Gasteiger partial charge in [-0.15, -0.1) is 0 Å². The molecule has 2 aromatic rings. The number of carbonyl (C=O) groups is 1. The molecule has 0 bridgehead atoms. The largest absolute Gasteiger partial charge is 0.496 e. The van der Waals surface area contributed by atoms with Gasteiger partial charge in [0.2, 0.25) is 0 Å². The summed E-state index contributed by atoms with van der Waals surface area (Å²) in [6.45, 7) is 0. The van der Waals surface area contributed by atoms with E-state index in [2.05, 4.69) is 22.6 Å². The van der Waals surface area contributed by atoms with Crippen LogP contribution in [0.25, 0.3) is 6.08 Å². The van der Waals surface area contributed by atoms with Gasteiger partial charge in [-0.3, -0.25) is 9.69 Å². The van der Waals surface area contributed by atoms with Crippen molar-refractivity contribution in [3.8, 4) is 5.75 Å². The monoisotopic (exact) mass is 521 g/mol. The van der Waals surface area contributed by atoms with Gasteiger partial charge in [-0.05, 0) is 64.6 Å². The van der Waals surface area contributed by atoms with Gasteiger partial charge in [0.15, 0.2) is 4.32 Å². The molecule has 0 atom stereocenters. The fourth-order valence-corrected chi connectivity index (χ4v) is 4.80. The van der Waals surface area contributed by atoms with Crippen molar-refractivity contribution in [3.63, 3.8) is 0 Å². The summed E-state index contributed by atoms with van der Waals surface area (Å²) in [5, 5.41) is 0.881. The van der Waals surface area contributed by atoms with Gasteiger partial charge in [0.25, 0.3) is 5.91 Å². The smallest absolute Gasteiger partial charge is 0.270 e. The Morgan fingerprint density at radius 2 is 2.00 bits per heavy atom. The zero-order valence-corrected chi connectivity index (χ0v) is 18.1. The van der Waals surface area contributed by atoms with Crippen molar-refractivity contribution in [2.75, 3.05) is 12.0 Å². The van der Waals surface area contributed by atoms with E-state index in [1.165, 1.54) is 16.7 Å². The molecule has 0 unspecified atom stereocenters. The number of hydrogen-bond donors (Lipinski definition) is 0. The lowest BCUT2D eigenvalue weighted by Crippen LogP contribution is -2.27. The van der Waals surface area contributed by atoms with Gasteiger partial charge in [0.05, 0.1) is 26.3 Å². The third kappa shape index (κ3) is 3.98. The van der Waals surface area contributed by atoms with Crippen LogP contribution in [0.4, 0.5) is 5.69 Å². The average molecular weight is 522 g/mol. The van der Waals surface area contributed by atoms with Crippen LogP contribution in [0.15, 0.2) is 41.3 Å². The SMILES string of the molecule is COc1ccc(/C=C2/SC(=S)N(c3ccc(Cl)cc3Cl)C2=O)cc1I. The molecule has 0 saturated carbocycles. The van der Waals surface area contributed by atoms with Crippen LogP contribution in [-0.2, 0) is 4.79 Å². The summed E-state index contributed by atoms with van der Waals surface area (Å²) < 4.78 is 6.65. The van der Waals surface area contributed by atoms with Crippen LogP contribution in [0.2, 0.25) is 10.0 Å². The molecule has 25 heavy (non-hydrogen) atoms. The van der Waals surface area contributed by atoms with Gasteiger partial charge in [0, 0.05) is 5.02 Å². The van der Waals surface area contributed by atoms with Crippen LogP contribution in [0.1, 0.15) is 5.56 Å². The van der Waals surface area contributed by atoms with Gasteiger partial charge in [-0.2, -0.15) is 0 Å². The highest BCUT2D eigenvalue weighted by Crippen LogP contribution is 2.39. The van der Waals surface area contributed by atoms with E-state index in [9.17, 15) is 4.79 Å². The standard InChI is InChI=1S/C17H10Cl2INO2S2/c1-23-14-5-2-9(6-12(14)20)7-15-16(22)21(17(24)25-15)13-4-3-10(18)8-11(13)19/h2-8H,1H3/b15-7+. The molecule has 128 valence electrons. The molecule has 0 spiro atoms. The van der Waals surface area contributed by atoms with Crippen molar-refractivity contribution in [3.05, 3.63) is 60.5 Å². The molecule has 0 N–H and O–H groups in total. The van der Waals surface area contributed by atoms with E-state index < -0.39 is 0 Å². The zero-order chi connectivity index (χ0) is 18.1. The second-order valence-corrected chi connectivity index (χ2v) is 8.69. The van der Waals surface area contributed by atoms with Crippen LogP contribution < -0.4 is 9.64 Å². The summed E-state index contributed by atoms with van der Waals surface area (Å²) >= 11 is 20.9. The number of halogens is 3. The predicted molar refractivity (Wildman–Crippen MR) is 118 cm³/mol. The van der Waals surface area contributed by atoms with E-state index in [1.807, 2.05) is 24.3 Å². The second-order valence-electron chi connectivity index (χ2n) is 5.01. The van der Waals surface area contributed by atoms with E-state index in [0.717, 1.165) is 14.9 Å². The summed E-state index contributed by atoms with van der Waals surface area (Å²) in [4.78, 5) is 14.8. The molecule has 0 aromatic heterocycles. The Hall–Kier alpha value is -0.800. The third-order valence-corrected chi connectivity index (χ3v) is 6.10. The number of thioether (sulfide) groups is 1. The van der Waals surface area contributed by atoms with Gasteiger partial charge in [-0.25, -0.2) is 0 Å². The van der Waals surface area contributed by atoms with Crippen LogP contribution in [-0.4, -0.2) is 17.3 Å². The Bertz CT molecular complexity index is 918. The first-order valence-corrected chi connectivity index (χ1v) is 10.0. The van der Waals surface area contributed by atoms with Crippen molar-refractivity contribution in [2.45, 2.75) is 0 Å². The number of benzene rings is 2. The Morgan fingerprint density at radius 3 is 2.64 bits per heavy atom. The molecule has 2 aromatic carbocycles. The lowest BCUT2D eigenvalue weighted by molar-refractivity contribution is -0.113. The maximum atomic E-state index is 12.8. The highest BCUT2D eigenvalue weighted by molar-refractivity contribution is 14.1. The van der Waals surface area contributed by atoms with Crippen molar-refractivity contribution >= 4 is 91.8 Å². The molecule has 1 heterocycles. The first kappa shape index (κ1) is 19.0. The number of carbonyl (C=O) groups excluding carboxylic acids is 1. The average Bonchev–Trinajstić information content (AvgIpc) is 2.82. The minimum Gasteiger partial charge on any atom is -0.496 e. The number of thiocarbonyl (C=S) groups is 1. The molecule has 0 aliphatic carbocycles. The Labute approximate surface area is 178 Å². The number of rotatable bonds is 3. The van der Waals surface area contributed by atoms with Gasteiger partial charge in [-0.1, -0.05) is 53.2 Å². The van der Waals surface area contributed by atoms with Crippen molar-refractivity contribution in [1.82, 2.24) is 0 Å². The zero-order valence-electron chi connectivity index (χ0n) is 12.8. The summed E-state index contributed by atoms with van der Waals surface area (Å²) in [5.74, 6) is 0.586. The normalized spacial score (nSPS) is 16.0. The second kappa shape index (κ2) is 7.84. The number of anilines is 1. The predicted octanol–water partition coefficient (Wildman–Crippen LogP) is 6.01. The van der Waals surface area contributed by atoms with E-state index >= 15 is 0 Å². The van der Waals surface area contributed by atoms with Crippen LogP contribution >= 0.6 is 69.8 Å². The lowest BCUT2D eigenvalue weighted by atomic mass is 10.2. The van der Waals surface area contributed by atoms with Crippen LogP contribution in [0.3, 0.4) is 0 Å². The minimum absolute atomic E-state index is 0.204. The Kier molecular flexibility index (Phi) is 5.95. The summed E-state index contributed by atoms with van der Waals surface area (Å²) in [6, 6.07) is 10.7. The van der Waals surface area contributed by atoms with Gasteiger partial charge in [0.1, 0.15) is 5.75 Å². The Morgan fingerprint density at radius 1 is 1.24 bits per heavy atom. The molecule has 1 fully saturated rings. The first-order chi connectivity index (χ1) is 11.9. The van der Waals surface area contributed by atoms with Gasteiger partial charge >= 0.3 is 0 Å². The topological polar surface area (TPSA) is 29.5 Å². The van der Waals surface area contributed by atoms with E-state index in [0.29, 0.717) is 25.0 Å². The number of methoxy groups -OCH3 is 1.